The van der Waals surface area contributed by atoms with Crippen LogP contribution >= 0.6 is 0 Å². The molecule has 0 amide bonds. The summed E-state index contributed by atoms with van der Waals surface area (Å²) in [6.07, 6.45) is 5.57. The molecule has 1 aromatic rings. The minimum atomic E-state index is -0.240. The Morgan fingerprint density at radius 3 is 2.90 bits per heavy atom. The predicted molar refractivity (Wildman–Crippen MR) is 84.5 cm³/mol. The maximum atomic E-state index is 9.74. The van der Waals surface area contributed by atoms with E-state index in [2.05, 4.69) is 9.88 Å². The van der Waals surface area contributed by atoms with Crippen LogP contribution in [0, 0.1) is 6.92 Å². The second kappa shape index (κ2) is 7.76. The standard InChI is InChI=1S/C17H28N2O2/c1-13-9-17(21-3)11-15(18-13)12-19-8-6-4-5-7-16(19)10-14(2)20/h9,11,14,16,20H,4-8,10,12H2,1-3H3. The van der Waals surface area contributed by atoms with Crippen LogP contribution < -0.4 is 4.74 Å². The highest BCUT2D eigenvalue weighted by Crippen LogP contribution is 2.23. The third kappa shape index (κ3) is 4.97. The monoisotopic (exact) mass is 292 g/mol. The van der Waals surface area contributed by atoms with Crippen LogP contribution in [0.3, 0.4) is 0 Å². The Balaban J connectivity index is 2.11. The summed E-state index contributed by atoms with van der Waals surface area (Å²) >= 11 is 0. The molecule has 0 spiro atoms. The molecule has 2 atom stereocenters. The molecule has 0 aliphatic carbocycles. The van der Waals surface area contributed by atoms with E-state index in [1.807, 2.05) is 26.0 Å². The first-order valence-electron chi connectivity index (χ1n) is 8.02. The smallest absolute Gasteiger partial charge is 0.122 e. The highest BCUT2D eigenvalue weighted by molar-refractivity contribution is 5.26. The van der Waals surface area contributed by atoms with Gasteiger partial charge in [-0.2, -0.15) is 0 Å². The summed E-state index contributed by atoms with van der Waals surface area (Å²) in [7, 11) is 1.70. The molecule has 4 nitrogen and oxygen atoms in total. The lowest BCUT2D eigenvalue weighted by molar-refractivity contribution is 0.107. The zero-order valence-electron chi connectivity index (χ0n) is 13.5. The Bertz CT molecular complexity index is 448. The van der Waals surface area contributed by atoms with Crippen LogP contribution in [0.15, 0.2) is 12.1 Å². The molecule has 0 aromatic carbocycles. The third-order valence-electron chi connectivity index (χ3n) is 4.19. The molecule has 2 heterocycles. The van der Waals surface area contributed by atoms with Gasteiger partial charge in [-0.05, 0) is 39.7 Å². The number of likely N-dealkylation sites (tertiary alicyclic amines) is 1. The number of aromatic nitrogens is 1. The highest BCUT2D eigenvalue weighted by Gasteiger charge is 2.23. The number of hydrogen-bond acceptors (Lipinski definition) is 4. The van der Waals surface area contributed by atoms with Gasteiger partial charge in [0, 0.05) is 30.4 Å². The van der Waals surface area contributed by atoms with Gasteiger partial charge in [-0.1, -0.05) is 12.8 Å². The van der Waals surface area contributed by atoms with Gasteiger partial charge in [0.25, 0.3) is 0 Å². The van der Waals surface area contributed by atoms with E-state index in [-0.39, 0.29) is 6.10 Å². The topological polar surface area (TPSA) is 45.6 Å². The molecule has 2 unspecified atom stereocenters. The molecule has 0 saturated carbocycles. The van der Waals surface area contributed by atoms with Crippen LogP contribution in [0.2, 0.25) is 0 Å². The molecule has 21 heavy (non-hydrogen) atoms. The van der Waals surface area contributed by atoms with Crippen molar-refractivity contribution >= 4 is 0 Å². The second-order valence-electron chi connectivity index (χ2n) is 6.20. The van der Waals surface area contributed by atoms with Crippen molar-refractivity contribution in [3.63, 3.8) is 0 Å². The van der Waals surface area contributed by atoms with Gasteiger partial charge in [-0.25, -0.2) is 0 Å². The zero-order valence-corrected chi connectivity index (χ0v) is 13.5. The van der Waals surface area contributed by atoms with Crippen molar-refractivity contribution in [3.05, 3.63) is 23.5 Å². The number of rotatable bonds is 5. The fraction of sp³-hybridized carbons (Fsp3) is 0.706. The van der Waals surface area contributed by atoms with E-state index in [0.29, 0.717) is 6.04 Å². The molecular formula is C17H28N2O2. The third-order valence-corrected chi connectivity index (χ3v) is 4.19. The van der Waals surface area contributed by atoms with Crippen LogP contribution in [-0.4, -0.2) is 40.8 Å². The van der Waals surface area contributed by atoms with Crippen molar-refractivity contribution in [1.29, 1.82) is 0 Å². The van der Waals surface area contributed by atoms with E-state index in [0.717, 1.165) is 36.6 Å². The average molecular weight is 292 g/mol. The highest BCUT2D eigenvalue weighted by atomic mass is 16.5. The molecule has 1 fully saturated rings. The average Bonchev–Trinajstić information content (AvgIpc) is 2.63. The fourth-order valence-corrected chi connectivity index (χ4v) is 3.22. The molecule has 1 N–H and O–H groups in total. The van der Waals surface area contributed by atoms with E-state index in [1.165, 1.54) is 25.7 Å². The molecule has 0 bridgehead atoms. The number of hydrogen-bond donors (Lipinski definition) is 1. The van der Waals surface area contributed by atoms with E-state index >= 15 is 0 Å². The molecule has 2 rings (SSSR count). The first kappa shape index (κ1) is 16.2. The summed E-state index contributed by atoms with van der Waals surface area (Å²) in [5.41, 5.74) is 2.05. The van der Waals surface area contributed by atoms with E-state index < -0.39 is 0 Å². The molecule has 1 aliphatic rings. The minimum absolute atomic E-state index is 0.240. The maximum Gasteiger partial charge on any atom is 0.122 e. The van der Waals surface area contributed by atoms with Crippen LogP contribution in [0.5, 0.6) is 5.75 Å². The van der Waals surface area contributed by atoms with Crippen LogP contribution in [-0.2, 0) is 6.54 Å². The van der Waals surface area contributed by atoms with Gasteiger partial charge < -0.3 is 9.84 Å². The van der Waals surface area contributed by atoms with E-state index in [9.17, 15) is 5.11 Å². The summed E-state index contributed by atoms with van der Waals surface area (Å²) < 4.78 is 5.34. The SMILES string of the molecule is COc1cc(C)nc(CN2CCCCCC2CC(C)O)c1. The molecular weight excluding hydrogens is 264 g/mol. The Labute approximate surface area is 128 Å². The zero-order chi connectivity index (χ0) is 15.2. The van der Waals surface area contributed by atoms with Crippen LogP contribution in [0.1, 0.15) is 50.4 Å². The van der Waals surface area contributed by atoms with Crippen LogP contribution in [0.4, 0.5) is 0 Å². The Morgan fingerprint density at radius 2 is 2.19 bits per heavy atom. The van der Waals surface area contributed by atoms with Crippen molar-refractivity contribution in [2.24, 2.45) is 0 Å². The van der Waals surface area contributed by atoms with Gasteiger partial charge in [0.2, 0.25) is 0 Å². The second-order valence-corrected chi connectivity index (χ2v) is 6.20. The largest absolute Gasteiger partial charge is 0.497 e. The Kier molecular flexibility index (Phi) is 6.00. The van der Waals surface area contributed by atoms with Crippen molar-refractivity contribution in [2.45, 2.75) is 64.6 Å². The van der Waals surface area contributed by atoms with Gasteiger partial charge in [-0.15, -0.1) is 0 Å². The lowest BCUT2D eigenvalue weighted by atomic mass is 10.0. The van der Waals surface area contributed by atoms with E-state index in [1.54, 1.807) is 7.11 Å². The normalized spacial score (nSPS) is 21.8. The fourth-order valence-electron chi connectivity index (χ4n) is 3.22. The number of pyridine rings is 1. The molecule has 1 aromatic heterocycles. The number of ether oxygens (including phenoxy) is 1. The summed E-state index contributed by atoms with van der Waals surface area (Å²) in [6.45, 7) is 5.82. The van der Waals surface area contributed by atoms with Crippen molar-refractivity contribution in [1.82, 2.24) is 9.88 Å². The summed E-state index contributed by atoms with van der Waals surface area (Å²) in [6, 6.07) is 4.44. The lowest BCUT2D eigenvalue weighted by Crippen LogP contribution is -2.36. The Hall–Kier alpha value is -1.13. The lowest BCUT2D eigenvalue weighted by Gasteiger charge is -2.30. The number of nitrogens with zero attached hydrogens (tertiary/aromatic N) is 2. The van der Waals surface area contributed by atoms with Gasteiger partial charge in [0.1, 0.15) is 5.75 Å². The molecule has 0 radical (unpaired) electrons. The van der Waals surface area contributed by atoms with Crippen molar-refractivity contribution in [3.8, 4) is 5.75 Å². The first-order chi connectivity index (χ1) is 10.1. The number of aryl methyl sites for hydroxylation is 1. The first-order valence-corrected chi connectivity index (χ1v) is 8.02. The minimum Gasteiger partial charge on any atom is -0.497 e. The number of aliphatic hydroxyl groups excluding tert-OH is 1. The molecule has 1 saturated heterocycles. The molecule has 4 heteroatoms. The maximum absolute atomic E-state index is 9.74. The van der Waals surface area contributed by atoms with E-state index in [4.69, 9.17) is 4.74 Å². The quantitative estimate of drug-likeness (QED) is 0.906. The number of aliphatic hydroxyl groups is 1. The van der Waals surface area contributed by atoms with Crippen molar-refractivity contribution < 1.29 is 9.84 Å². The Morgan fingerprint density at radius 1 is 1.38 bits per heavy atom. The van der Waals surface area contributed by atoms with Gasteiger partial charge in [-0.3, -0.25) is 9.88 Å². The predicted octanol–water partition coefficient (Wildman–Crippen LogP) is 2.91. The molecule has 118 valence electrons. The van der Waals surface area contributed by atoms with Crippen molar-refractivity contribution in [2.75, 3.05) is 13.7 Å². The molecule has 1 aliphatic heterocycles. The van der Waals surface area contributed by atoms with Gasteiger partial charge in [0.05, 0.1) is 18.9 Å². The summed E-state index contributed by atoms with van der Waals surface area (Å²) in [5, 5.41) is 9.74. The van der Waals surface area contributed by atoms with Gasteiger partial charge >= 0.3 is 0 Å². The van der Waals surface area contributed by atoms with Crippen LogP contribution in [0.25, 0.3) is 0 Å². The summed E-state index contributed by atoms with van der Waals surface area (Å²) in [4.78, 5) is 7.12. The van der Waals surface area contributed by atoms with Gasteiger partial charge in [0.15, 0.2) is 0 Å². The summed E-state index contributed by atoms with van der Waals surface area (Å²) in [5.74, 6) is 0.874. The number of methoxy groups -OCH3 is 1.